The number of benzene rings is 16. The Morgan fingerprint density at radius 2 is 0.546 bits per heavy atom. The number of rotatable bonds is 12. The molecule has 604 valence electrons. The summed E-state index contributed by atoms with van der Waals surface area (Å²) in [6, 6.07) is 135. The Hall–Kier alpha value is -17.0. The minimum atomic E-state index is 0.602. The second-order valence-electron chi connectivity index (χ2n) is 32.6. The monoisotopic (exact) mass is 1690 g/mol. The van der Waals surface area contributed by atoms with Gasteiger partial charge in [-0.15, -0.1) is 22.7 Å². The van der Waals surface area contributed by atoms with E-state index in [0.29, 0.717) is 23.3 Å². The molecule has 0 radical (unpaired) electrons. The Morgan fingerprint density at radius 1 is 0.177 bits per heavy atom. The molecule has 0 amide bonds. The van der Waals surface area contributed by atoms with E-state index in [1.54, 1.807) is 22.7 Å². The summed E-state index contributed by atoms with van der Waals surface area (Å²) in [5, 5.41) is 18.9. The highest BCUT2D eigenvalue weighted by Gasteiger charge is 2.25. The molecule has 0 aliphatic heterocycles. The lowest BCUT2D eigenvalue weighted by Crippen LogP contribution is -1.97. The van der Waals surface area contributed by atoms with E-state index in [1.807, 2.05) is 104 Å². The van der Waals surface area contributed by atoms with Crippen molar-refractivity contribution in [3.8, 4) is 136 Å². The normalized spacial score (nSPS) is 11.7. The molecule has 10 aromatic heterocycles. The average Bonchev–Trinajstić information content (AvgIpc) is 1.55. The van der Waals surface area contributed by atoms with Gasteiger partial charge in [0.25, 0.3) is 0 Å². The van der Waals surface area contributed by atoms with Gasteiger partial charge in [-0.2, -0.15) is 0 Å². The zero-order valence-electron chi connectivity index (χ0n) is 69.4. The van der Waals surface area contributed by atoms with Gasteiger partial charge in [-0.1, -0.05) is 322 Å². The van der Waals surface area contributed by atoms with E-state index in [1.165, 1.54) is 68.6 Å². The molecule has 0 atom stereocenters. The molecule has 0 bridgehead atoms. The first kappa shape index (κ1) is 75.5. The van der Waals surface area contributed by atoms with Crippen molar-refractivity contribution in [1.29, 1.82) is 0 Å². The minimum absolute atomic E-state index is 0.602. The number of fused-ring (bicyclic) bond motifs is 19. The second-order valence-corrected chi connectivity index (χ2v) is 34.6. The highest BCUT2D eigenvalue weighted by atomic mass is 32.1. The number of para-hydroxylation sites is 2. The summed E-state index contributed by atoms with van der Waals surface area (Å²) in [4.78, 5) is 61.1. The summed E-state index contributed by atoms with van der Waals surface area (Å²) in [5.41, 5.74) is 22.3. The lowest BCUT2D eigenvalue weighted by atomic mass is 9.97. The van der Waals surface area contributed by atoms with Crippen LogP contribution < -0.4 is 0 Å². The summed E-state index contributed by atoms with van der Waals surface area (Å²) in [6.45, 7) is 0. The zero-order chi connectivity index (χ0) is 85.7. The Bertz CT molecular complexity index is 8840. The first-order chi connectivity index (χ1) is 64.4. The van der Waals surface area contributed by atoms with Crippen LogP contribution in [0, 0.1) is 0 Å². The number of pyridine rings is 4. The molecule has 10 heterocycles. The van der Waals surface area contributed by atoms with Crippen molar-refractivity contribution in [2.75, 3.05) is 0 Å². The lowest BCUT2D eigenvalue weighted by molar-refractivity contribution is 1.18. The fourth-order valence-electron chi connectivity index (χ4n) is 18.3. The van der Waals surface area contributed by atoms with Gasteiger partial charge in [0, 0.05) is 128 Å². The van der Waals surface area contributed by atoms with E-state index in [9.17, 15) is 0 Å². The maximum atomic E-state index is 5.47. The van der Waals surface area contributed by atoms with Crippen molar-refractivity contribution in [1.82, 2.24) is 59.8 Å². The van der Waals surface area contributed by atoms with Gasteiger partial charge in [0.15, 0.2) is 23.3 Å². The predicted octanol–water partition coefficient (Wildman–Crippen LogP) is 30.1. The van der Waals surface area contributed by atoms with Gasteiger partial charge in [0.1, 0.15) is 0 Å². The van der Waals surface area contributed by atoms with E-state index >= 15 is 0 Å². The standard InChI is InChI=1S/C60H36N6S.C56H32N6S/c1-3-11-47-37(9-1)15-28-45-35-46(30-31-48(45)47)55-58-56(50-32-29-38-10-2-4-12-49(38)57(50)67-58)66-60(65-55)44-26-24-43(25-27-44)59-63-53(41-20-16-39(17-21-41)51-13-5-7-33-61-51)36-54(64-59)42-22-18-40(19-23-42)52-14-6-8-34-62-52;1-4-16-40-33(12-1)15-11-21-44(40)51-54-52(50-43-19-7-5-17-41(43)42-18-6-8-20-45(42)53(50)63-54)62-56(61-51)35-26-24-34(25-27-35)55-59-48(38-28-36-13-2-9-22-46(36)57-31-38)30-49(60-55)39-29-37-14-3-10-23-47(37)58-32-39/h1-36H;1-32H. The smallest absolute Gasteiger partial charge is 0.160 e. The van der Waals surface area contributed by atoms with Crippen LogP contribution in [0.5, 0.6) is 0 Å². The topological polar surface area (TPSA) is 155 Å². The molecular formula is C116H68N12S2. The summed E-state index contributed by atoms with van der Waals surface area (Å²) < 4.78 is 4.59. The molecule has 0 N–H and O–H groups in total. The van der Waals surface area contributed by atoms with Crippen molar-refractivity contribution in [3.05, 3.63) is 413 Å². The van der Waals surface area contributed by atoms with Crippen molar-refractivity contribution in [2.24, 2.45) is 0 Å². The molecule has 14 heteroatoms. The third kappa shape index (κ3) is 13.5. The van der Waals surface area contributed by atoms with Crippen molar-refractivity contribution in [2.45, 2.75) is 0 Å². The van der Waals surface area contributed by atoms with Crippen LogP contribution in [0.2, 0.25) is 0 Å². The second kappa shape index (κ2) is 31.6. The molecule has 0 unspecified atom stereocenters. The van der Waals surface area contributed by atoms with Crippen molar-refractivity contribution < 1.29 is 0 Å². The average molecular weight is 1690 g/mol. The van der Waals surface area contributed by atoms with E-state index in [-0.39, 0.29) is 0 Å². The molecule has 130 heavy (non-hydrogen) atoms. The summed E-state index contributed by atoms with van der Waals surface area (Å²) >= 11 is 3.56. The van der Waals surface area contributed by atoms with Gasteiger partial charge in [0.2, 0.25) is 0 Å². The van der Waals surface area contributed by atoms with Gasteiger partial charge >= 0.3 is 0 Å². The first-order valence-corrected chi connectivity index (χ1v) is 44.8. The summed E-state index contributed by atoms with van der Waals surface area (Å²) in [5.74, 6) is 2.55. The van der Waals surface area contributed by atoms with Gasteiger partial charge in [-0.05, 0) is 126 Å². The fourth-order valence-corrected chi connectivity index (χ4v) is 20.8. The Labute approximate surface area is 752 Å². The van der Waals surface area contributed by atoms with Gasteiger partial charge in [-0.3, -0.25) is 19.9 Å². The highest BCUT2D eigenvalue weighted by molar-refractivity contribution is 7.27. The Morgan fingerprint density at radius 3 is 1.11 bits per heavy atom. The zero-order valence-corrected chi connectivity index (χ0v) is 71.1. The molecule has 0 fully saturated rings. The van der Waals surface area contributed by atoms with Crippen LogP contribution in [0.4, 0.5) is 0 Å². The van der Waals surface area contributed by atoms with Crippen LogP contribution in [-0.4, -0.2) is 59.8 Å². The quantitative estimate of drug-likeness (QED) is 0.107. The molecule has 26 aromatic rings. The first-order valence-electron chi connectivity index (χ1n) is 43.2. The van der Waals surface area contributed by atoms with Crippen LogP contribution in [0.3, 0.4) is 0 Å². The summed E-state index contributed by atoms with van der Waals surface area (Å²) in [6.07, 6.45) is 7.41. The number of hydrogen-bond acceptors (Lipinski definition) is 14. The third-order valence-electron chi connectivity index (χ3n) is 24.8. The molecule has 0 saturated carbocycles. The van der Waals surface area contributed by atoms with Gasteiger partial charge in [0.05, 0.1) is 77.0 Å². The Kier molecular flexibility index (Phi) is 18.3. The third-order valence-corrected chi connectivity index (χ3v) is 27.2. The van der Waals surface area contributed by atoms with Gasteiger partial charge < -0.3 is 0 Å². The molecule has 0 saturated heterocycles. The van der Waals surface area contributed by atoms with Crippen molar-refractivity contribution >= 4 is 150 Å². The molecule has 16 aromatic carbocycles. The van der Waals surface area contributed by atoms with E-state index in [0.717, 1.165) is 171 Å². The molecular weight excluding hydrogens is 1630 g/mol. The van der Waals surface area contributed by atoms with Crippen LogP contribution in [0.15, 0.2) is 413 Å². The minimum Gasteiger partial charge on any atom is -0.256 e. The number of nitrogens with zero attached hydrogens (tertiary/aromatic N) is 12. The SMILES string of the molecule is c1ccc(-c2ccc(-c3cc(-c4ccc(-c5ccccn5)cc4)nc(-c4ccc(-c5nc(-c6ccc7c(ccc8ccccc87)c6)c6sc7c8ccccc8ccc7c6n5)cc4)n3)cc2)nc1.c1ccc2ncc(-c3cc(-c4cnc5ccccc5c4)nc(-c4ccc(-c5nc(-c6cccc7ccccc67)c6sc7c8ccccc8c8ccccc8c7c6n5)cc4)n3)cc2c1. The predicted molar refractivity (Wildman–Crippen MR) is 537 cm³/mol. The fraction of sp³-hybridized carbons (Fsp3) is 0. The largest absolute Gasteiger partial charge is 0.256 e. The van der Waals surface area contributed by atoms with Crippen LogP contribution in [0.1, 0.15) is 0 Å². The molecule has 0 spiro atoms. The van der Waals surface area contributed by atoms with Crippen molar-refractivity contribution in [3.63, 3.8) is 0 Å². The highest BCUT2D eigenvalue weighted by Crippen LogP contribution is 2.49. The van der Waals surface area contributed by atoms with E-state index in [4.69, 9.17) is 49.8 Å². The lowest BCUT2D eigenvalue weighted by Gasteiger charge is -2.12. The van der Waals surface area contributed by atoms with Crippen LogP contribution in [0.25, 0.3) is 263 Å². The van der Waals surface area contributed by atoms with E-state index in [2.05, 4.69) is 319 Å². The van der Waals surface area contributed by atoms with Crippen LogP contribution >= 0.6 is 22.7 Å². The summed E-state index contributed by atoms with van der Waals surface area (Å²) in [7, 11) is 0. The van der Waals surface area contributed by atoms with Crippen LogP contribution in [-0.2, 0) is 0 Å². The maximum absolute atomic E-state index is 5.47. The van der Waals surface area contributed by atoms with Gasteiger partial charge in [-0.25, -0.2) is 39.9 Å². The maximum Gasteiger partial charge on any atom is 0.160 e. The van der Waals surface area contributed by atoms with E-state index < -0.39 is 0 Å². The number of aromatic nitrogens is 12. The Balaban J connectivity index is 0.000000141. The number of hydrogen-bond donors (Lipinski definition) is 0. The molecule has 12 nitrogen and oxygen atoms in total. The number of thiophene rings is 2. The molecule has 26 rings (SSSR count). The molecule has 0 aliphatic carbocycles. The molecule has 0 aliphatic rings.